The van der Waals surface area contributed by atoms with Crippen molar-refractivity contribution in [3.63, 3.8) is 0 Å². The lowest BCUT2D eigenvalue weighted by atomic mass is 10.1. The number of benzene rings is 2. The number of carbonyl (C=O) groups excluding carboxylic acids is 1. The van der Waals surface area contributed by atoms with Crippen molar-refractivity contribution in [2.45, 2.75) is 19.5 Å². The molecule has 0 unspecified atom stereocenters. The lowest BCUT2D eigenvalue weighted by Gasteiger charge is -2.30. The smallest absolute Gasteiger partial charge is 0.277 e. The van der Waals surface area contributed by atoms with E-state index in [9.17, 15) is 4.79 Å². The summed E-state index contributed by atoms with van der Waals surface area (Å²) in [6.07, 6.45) is 1.04. The molecule has 2 N–H and O–H groups in total. The second-order valence-electron chi connectivity index (χ2n) is 8.13. The molecule has 0 atom stereocenters. The fourth-order valence-electron chi connectivity index (χ4n) is 4.24. The zero-order valence-corrected chi connectivity index (χ0v) is 16.7. The van der Waals surface area contributed by atoms with Crippen LogP contribution in [0.4, 0.5) is 0 Å². The number of amides is 1. The van der Waals surface area contributed by atoms with E-state index in [1.807, 2.05) is 30.1 Å². The first-order chi connectivity index (χ1) is 13.7. The Morgan fingerprint density at radius 3 is 2.54 bits per heavy atom. The van der Waals surface area contributed by atoms with Crippen LogP contribution in [0.25, 0.3) is 0 Å². The highest BCUT2D eigenvalue weighted by atomic mass is 16.5. The highest BCUT2D eigenvalue weighted by Gasteiger charge is 2.26. The highest BCUT2D eigenvalue weighted by Crippen LogP contribution is 2.25. The average Bonchev–Trinajstić information content (AvgIpc) is 3.18. The molecule has 2 aliphatic rings. The third kappa shape index (κ3) is 4.72. The van der Waals surface area contributed by atoms with Gasteiger partial charge in [0, 0.05) is 25.6 Å². The SMILES string of the molecule is CN(Cc1ccccc1)C(=O)C[NH+]1CC[NH+](Cc2ccc3c(c2)CCO3)CC1. The van der Waals surface area contributed by atoms with Gasteiger partial charge in [0.2, 0.25) is 0 Å². The van der Waals surface area contributed by atoms with E-state index in [2.05, 4.69) is 30.3 Å². The predicted molar refractivity (Wildman–Crippen MR) is 109 cm³/mol. The number of hydrogen-bond donors (Lipinski definition) is 2. The van der Waals surface area contributed by atoms with Crippen LogP contribution in [0.15, 0.2) is 48.5 Å². The van der Waals surface area contributed by atoms with Crippen molar-refractivity contribution in [2.75, 3.05) is 46.4 Å². The Kier molecular flexibility index (Phi) is 5.93. The quantitative estimate of drug-likeness (QED) is 0.712. The summed E-state index contributed by atoms with van der Waals surface area (Å²) in [5.41, 5.74) is 3.94. The van der Waals surface area contributed by atoms with Crippen molar-refractivity contribution in [1.29, 1.82) is 0 Å². The molecule has 0 bridgehead atoms. The fraction of sp³-hybridized carbons (Fsp3) is 0.435. The van der Waals surface area contributed by atoms with Crippen LogP contribution < -0.4 is 14.5 Å². The van der Waals surface area contributed by atoms with Crippen molar-refractivity contribution >= 4 is 5.91 Å². The number of nitrogens with one attached hydrogen (secondary N) is 2. The van der Waals surface area contributed by atoms with Crippen molar-refractivity contribution in [2.24, 2.45) is 0 Å². The number of piperazine rings is 1. The highest BCUT2D eigenvalue weighted by molar-refractivity contribution is 5.76. The predicted octanol–water partition coefficient (Wildman–Crippen LogP) is -0.436. The van der Waals surface area contributed by atoms with Crippen LogP contribution in [0.5, 0.6) is 5.75 Å². The lowest BCUT2D eigenvalue weighted by molar-refractivity contribution is -1.02. The van der Waals surface area contributed by atoms with Crippen LogP contribution in [0.2, 0.25) is 0 Å². The van der Waals surface area contributed by atoms with Crippen molar-refractivity contribution in [1.82, 2.24) is 4.90 Å². The first-order valence-electron chi connectivity index (χ1n) is 10.4. The van der Waals surface area contributed by atoms with Crippen LogP contribution in [-0.2, 0) is 24.3 Å². The Morgan fingerprint density at radius 2 is 1.75 bits per heavy atom. The molecule has 2 aromatic carbocycles. The topological polar surface area (TPSA) is 38.4 Å². The Morgan fingerprint density at radius 1 is 1.00 bits per heavy atom. The molecule has 0 aromatic heterocycles. The van der Waals surface area contributed by atoms with Crippen LogP contribution in [0.1, 0.15) is 16.7 Å². The Bertz CT molecular complexity index is 801. The van der Waals surface area contributed by atoms with E-state index in [0.717, 1.165) is 51.5 Å². The average molecular weight is 382 g/mol. The van der Waals surface area contributed by atoms with Gasteiger partial charge in [-0.1, -0.05) is 30.3 Å². The third-order valence-corrected chi connectivity index (χ3v) is 5.96. The second kappa shape index (κ2) is 8.76. The molecule has 5 heteroatoms. The molecule has 28 heavy (non-hydrogen) atoms. The minimum Gasteiger partial charge on any atom is -0.493 e. The van der Waals surface area contributed by atoms with E-state index >= 15 is 0 Å². The van der Waals surface area contributed by atoms with Gasteiger partial charge in [0.05, 0.1) is 6.61 Å². The van der Waals surface area contributed by atoms with Crippen molar-refractivity contribution < 1.29 is 19.3 Å². The molecule has 1 fully saturated rings. The molecule has 4 rings (SSSR count). The molecule has 0 radical (unpaired) electrons. The van der Waals surface area contributed by atoms with Gasteiger partial charge in [-0.05, 0) is 29.3 Å². The van der Waals surface area contributed by atoms with Gasteiger partial charge < -0.3 is 19.4 Å². The number of likely N-dealkylation sites (N-methyl/N-ethyl adjacent to an activating group) is 1. The molecule has 0 spiro atoms. The van der Waals surface area contributed by atoms with Gasteiger partial charge in [-0.15, -0.1) is 0 Å². The number of fused-ring (bicyclic) bond motifs is 1. The molecule has 148 valence electrons. The molecule has 2 aromatic rings. The monoisotopic (exact) mass is 381 g/mol. The molecule has 1 saturated heterocycles. The van der Waals surface area contributed by atoms with Crippen LogP contribution >= 0.6 is 0 Å². The zero-order chi connectivity index (χ0) is 19.3. The summed E-state index contributed by atoms with van der Waals surface area (Å²) in [5, 5.41) is 0. The van der Waals surface area contributed by atoms with Gasteiger partial charge in [0.15, 0.2) is 6.54 Å². The molecular formula is C23H31N3O2+2. The zero-order valence-electron chi connectivity index (χ0n) is 16.7. The minimum absolute atomic E-state index is 0.237. The first kappa shape index (κ1) is 19.0. The van der Waals surface area contributed by atoms with E-state index in [1.54, 1.807) is 4.90 Å². The third-order valence-electron chi connectivity index (χ3n) is 5.96. The number of quaternary nitrogens is 2. The van der Waals surface area contributed by atoms with Gasteiger partial charge in [0.25, 0.3) is 5.91 Å². The molecule has 0 saturated carbocycles. The van der Waals surface area contributed by atoms with E-state index in [0.29, 0.717) is 13.1 Å². The summed E-state index contributed by atoms with van der Waals surface area (Å²) in [6, 6.07) is 16.8. The molecular weight excluding hydrogens is 350 g/mol. The maximum absolute atomic E-state index is 12.6. The summed E-state index contributed by atoms with van der Waals surface area (Å²) < 4.78 is 5.61. The number of ether oxygens (including phenoxy) is 1. The Balaban J connectivity index is 1.22. The molecule has 1 amide bonds. The summed E-state index contributed by atoms with van der Waals surface area (Å²) in [7, 11) is 1.91. The van der Waals surface area contributed by atoms with Gasteiger partial charge in [-0.2, -0.15) is 0 Å². The lowest BCUT2D eigenvalue weighted by Crippen LogP contribution is -3.28. The summed E-state index contributed by atoms with van der Waals surface area (Å²) in [6.45, 7) is 7.56. The largest absolute Gasteiger partial charge is 0.493 e. The number of hydrogen-bond acceptors (Lipinski definition) is 2. The number of carbonyl (C=O) groups is 1. The maximum Gasteiger partial charge on any atom is 0.277 e. The van der Waals surface area contributed by atoms with Crippen molar-refractivity contribution in [3.05, 3.63) is 65.2 Å². The summed E-state index contributed by atoms with van der Waals surface area (Å²) in [4.78, 5) is 17.5. The normalized spacial score (nSPS) is 21.0. The second-order valence-corrected chi connectivity index (χ2v) is 8.13. The molecule has 2 heterocycles. The van der Waals surface area contributed by atoms with Crippen LogP contribution in [0, 0.1) is 0 Å². The van der Waals surface area contributed by atoms with Gasteiger partial charge >= 0.3 is 0 Å². The van der Waals surface area contributed by atoms with Gasteiger partial charge in [-0.25, -0.2) is 0 Å². The maximum atomic E-state index is 12.6. The first-order valence-corrected chi connectivity index (χ1v) is 10.4. The molecule has 2 aliphatic heterocycles. The number of nitrogens with zero attached hydrogens (tertiary/aromatic N) is 1. The minimum atomic E-state index is 0.237. The molecule has 5 nitrogen and oxygen atoms in total. The fourth-order valence-corrected chi connectivity index (χ4v) is 4.24. The van der Waals surface area contributed by atoms with E-state index in [1.165, 1.54) is 21.6 Å². The molecule has 0 aliphatic carbocycles. The van der Waals surface area contributed by atoms with E-state index in [-0.39, 0.29) is 5.91 Å². The van der Waals surface area contributed by atoms with E-state index < -0.39 is 0 Å². The summed E-state index contributed by atoms with van der Waals surface area (Å²) in [5.74, 6) is 1.30. The van der Waals surface area contributed by atoms with Crippen molar-refractivity contribution in [3.8, 4) is 5.75 Å². The van der Waals surface area contributed by atoms with Gasteiger partial charge in [0.1, 0.15) is 38.5 Å². The van der Waals surface area contributed by atoms with Gasteiger partial charge in [-0.3, -0.25) is 4.79 Å². The Labute approximate surface area is 167 Å². The number of rotatable bonds is 6. The summed E-state index contributed by atoms with van der Waals surface area (Å²) >= 11 is 0. The van der Waals surface area contributed by atoms with E-state index in [4.69, 9.17) is 4.74 Å². The Hall–Kier alpha value is -2.37. The van der Waals surface area contributed by atoms with Crippen LogP contribution in [0.3, 0.4) is 0 Å². The van der Waals surface area contributed by atoms with Crippen LogP contribution in [-0.4, -0.2) is 57.2 Å². The standard InChI is InChI=1S/C23H29N3O2/c1-24(16-19-5-3-2-4-6-19)23(27)18-26-12-10-25(11-13-26)17-20-7-8-22-21(15-20)9-14-28-22/h2-8,15H,9-14,16-18H2,1H3/p+2.